The Hall–Kier alpha value is -1.09. The van der Waals surface area contributed by atoms with E-state index < -0.39 is 5.60 Å². The maximum Gasteiger partial charge on any atom is 0.246 e. The summed E-state index contributed by atoms with van der Waals surface area (Å²) < 4.78 is 5.62. The van der Waals surface area contributed by atoms with Crippen LogP contribution in [0, 0.1) is 0 Å². The first-order chi connectivity index (χ1) is 6.49. The molecule has 1 unspecified atom stereocenters. The zero-order valence-electron chi connectivity index (χ0n) is 8.88. The highest BCUT2D eigenvalue weighted by Gasteiger charge is 2.33. The van der Waals surface area contributed by atoms with Crippen LogP contribution in [0.4, 0.5) is 0 Å². The summed E-state index contributed by atoms with van der Waals surface area (Å²) in [6, 6.07) is 0. The van der Waals surface area contributed by atoms with Crippen LogP contribution >= 0.6 is 0 Å². The summed E-state index contributed by atoms with van der Waals surface area (Å²) in [5, 5.41) is 0. The summed E-state index contributed by atoms with van der Waals surface area (Å²) in [6.07, 6.45) is 1.34. The van der Waals surface area contributed by atoms with Crippen LogP contribution in [-0.4, -0.2) is 36.1 Å². The van der Waals surface area contributed by atoms with Gasteiger partial charge in [0.1, 0.15) is 5.60 Å². The minimum absolute atomic E-state index is 0.0409. The van der Waals surface area contributed by atoms with Crippen LogP contribution in [-0.2, 0) is 9.53 Å². The van der Waals surface area contributed by atoms with E-state index in [9.17, 15) is 4.79 Å². The van der Waals surface area contributed by atoms with Crippen molar-refractivity contribution in [2.45, 2.75) is 19.4 Å². The molecule has 1 saturated heterocycles. The Balaban J connectivity index is 2.73. The fourth-order valence-electron chi connectivity index (χ4n) is 1.45. The van der Waals surface area contributed by atoms with Gasteiger partial charge in [0.15, 0.2) is 0 Å². The third-order valence-electron chi connectivity index (χ3n) is 2.66. The van der Waals surface area contributed by atoms with Gasteiger partial charge in [-0.05, 0) is 25.5 Å². The average Bonchev–Trinajstić information content (AvgIpc) is 2.16. The van der Waals surface area contributed by atoms with Gasteiger partial charge in [0.05, 0.1) is 13.2 Å². The highest BCUT2D eigenvalue weighted by Crippen LogP contribution is 2.24. The van der Waals surface area contributed by atoms with Crippen molar-refractivity contribution in [1.29, 1.82) is 0 Å². The molecule has 0 aromatic rings. The molecule has 0 saturated carbocycles. The van der Waals surface area contributed by atoms with Gasteiger partial charge in [-0.2, -0.15) is 0 Å². The van der Waals surface area contributed by atoms with E-state index in [1.807, 2.05) is 13.8 Å². The Morgan fingerprint density at radius 1 is 1.64 bits per heavy atom. The van der Waals surface area contributed by atoms with Gasteiger partial charge >= 0.3 is 0 Å². The van der Waals surface area contributed by atoms with Gasteiger partial charge in [-0.15, -0.1) is 0 Å². The van der Waals surface area contributed by atoms with E-state index in [-0.39, 0.29) is 5.91 Å². The van der Waals surface area contributed by atoms with Crippen LogP contribution in [0.15, 0.2) is 24.8 Å². The van der Waals surface area contributed by atoms with E-state index in [0.717, 1.165) is 5.57 Å². The SMILES string of the molecule is C=CC(=O)N1CCOC(C)(C(=C)C)C1. The number of carbonyl (C=O) groups excluding carboxylic acids is 1. The number of hydrogen-bond donors (Lipinski definition) is 0. The standard InChI is InChI=1S/C11H17NO2/c1-5-10(13)12-6-7-14-11(4,8-12)9(2)3/h5H,1-2,6-8H2,3-4H3. The van der Waals surface area contributed by atoms with Gasteiger partial charge in [-0.1, -0.05) is 13.2 Å². The molecule has 3 nitrogen and oxygen atoms in total. The predicted molar refractivity (Wildman–Crippen MR) is 55.9 cm³/mol. The molecule has 0 aliphatic carbocycles. The summed E-state index contributed by atoms with van der Waals surface area (Å²) in [5.41, 5.74) is 0.538. The minimum Gasteiger partial charge on any atom is -0.367 e. The van der Waals surface area contributed by atoms with Crippen LogP contribution in [0.2, 0.25) is 0 Å². The fraction of sp³-hybridized carbons (Fsp3) is 0.545. The predicted octanol–water partition coefficient (Wildman–Crippen LogP) is 1.37. The number of carbonyl (C=O) groups is 1. The molecule has 78 valence electrons. The van der Waals surface area contributed by atoms with Crippen LogP contribution in [0.3, 0.4) is 0 Å². The lowest BCUT2D eigenvalue weighted by Gasteiger charge is -2.40. The molecule has 1 atom stereocenters. The zero-order valence-corrected chi connectivity index (χ0v) is 8.88. The van der Waals surface area contributed by atoms with Gasteiger partial charge in [-0.25, -0.2) is 0 Å². The quantitative estimate of drug-likeness (QED) is 0.492. The molecule has 3 heteroatoms. The molecule has 0 aromatic carbocycles. The van der Waals surface area contributed by atoms with Crippen molar-refractivity contribution in [2.24, 2.45) is 0 Å². The molecule has 0 aromatic heterocycles. The smallest absolute Gasteiger partial charge is 0.246 e. The molecule has 1 heterocycles. The monoisotopic (exact) mass is 195 g/mol. The molecule has 1 fully saturated rings. The van der Waals surface area contributed by atoms with Gasteiger partial charge in [0.25, 0.3) is 0 Å². The maximum atomic E-state index is 11.4. The number of ether oxygens (including phenoxy) is 1. The van der Waals surface area contributed by atoms with Crippen molar-refractivity contribution in [3.63, 3.8) is 0 Å². The molecule has 1 amide bonds. The summed E-state index contributed by atoms with van der Waals surface area (Å²) >= 11 is 0. The van der Waals surface area contributed by atoms with Crippen LogP contribution in [0.5, 0.6) is 0 Å². The number of rotatable bonds is 2. The first kappa shape index (κ1) is 11.0. The molecule has 0 N–H and O–H groups in total. The molecular formula is C11H17NO2. The second kappa shape index (κ2) is 3.96. The van der Waals surface area contributed by atoms with Crippen molar-refractivity contribution in [2.75, 3.05) is 19.7 Å². The van der Waals surface area contributed by atoms with Crippen molar-refractivity contribution in [3.8, 4) is 0 Å². The lowest BCUT2D eigenvalue weighted by Crippen LogP contribution is -2.52. The van der Waals surface area contributed by atoms with E-state index in [0.29, 0.717) is 19.7 Å². The summed E-state index contributed by atoms with van der Waals surface area (Å²) in [5.74, 6) is -0.0409. The summed E-state index contributed by atoms with van der Waals surface area (Å²) in [7, 11) is 0. The van der Waals surface area contributed by atoms with Gasteiger partial charge in [0.2, 0.25) is 5.91 Å². The van der Waals surface area contributed by atoms with E-state index in [2.05, 4.69) is 13.2 Å². The first-order valence-electron chi connectivity index (χ1n) is 4.71. The minimum atomic E-state index is -0.406. The van der Waals surface area contributed by atoms with Crippen molar-refractivity contribution in [3.05, 3.63) is 24.8 Å². The topological polar surface area (TPSA) is 29.5 Å². The highest BCUT2D eigenvalue weighted by atomic mass is 16.5. The molecule has 1 aliphatic rings. The number of nitrogens with zero attached hydrogens (tertiary/aromatic N) is 1. The maximum absolute atomic E-state index is 11.4. The molecule has 1 rings (SSSR count). The third kappa shape index (κ3) is 2.04. The molecule has 0 bridgehead atoms. The van der Waals surface area contributed by atoms with E-state index in [1.54, 1.807) is 4.90 Å². The number of amides is 1. The third-order valence-corrected chi connectivity index (χ3v) is 2.66. The zero-order chi connectivity index (χ0) is 10.8. The Morgan fingerprint density at radius 2 is 2.29 bits per heavy atom. The van der Waals surface area contributed by atoms with Crippen LogP contribution < -0.4 is 0 Å². The first-order valence-corrected chi connectivity index (χ1v) is 4.71. The normalized spacial score (nSPS) is 27.1. The van der Waals surface area contributed by atoms with Crippen molar-refractivity contribution in [1.82, 2.24) is 4.90 Å². The van der Waals surface area contributed by atoms with Crippen molar-refractivity contribution >= 4 is 5.91 Å². The van der Waals surface area contributed by atoms with Crippen LogP contribution in [0.1, 0.15) is 13.8 Å². The van der Waals surface area contributed by atoms with E-state index in [4.69, 9.17) is 4.74 Å². The Labute approximate surface area is 85.0 Å². The van der Waals surface area contributed by atoms with E-state index in [1.165, 1.54) is 6.08 Å². The lowest BCUT2D eigenvalue weighted by molar-refractivity contribution is -0.138. The fourth-order valence-corrected chi connectivity index (χ4v) is 1.45. The summed E-state index contributed by atoms with van der Waals surface area (Å²) in [6.45, 7) is 13.0. The number of morpholine rings is 1. The molecule has 0 spiro atoms. The second-order valence-electron chi connectivity index (χ2n) is 3.82. The molecular weight excluding hydrogens is 178 g/mol. The lowest BCUT2D eigenvalue weighted by atomic mass is 9.96. The summed E-state index contributed by atoms with van der Waals surface area (Å²) in [4.78, 5) is 13.1. The Bertz CT molecular complexity index is 272. The Morgan fingerprint density at radius 3 is 2.79 bits per heavy atom. The number of hydrogen-bond acceptors (Lipinski definition) is 2. The van der Waals surface area contributed by atoms with Gasteiger partial charge in [0, 0.05) is 6.54 Å². The Kier molecular flexibility index (Phi) is 3.11. The molecule has 14 heavy (non-hydrogen) atoms. The average molecular weight is 195 g/mol. The van der Waals surface area contributed by atoms with Gasteiger partial charge < -0.3 is 9.64 Å². The van der Waals surface area contributed by atoms with Crippen LogP contribution in [0.25, 0.3) is 0 Å². The highest BCUT2D eigenvalue weighted by molar-refractivity contribution is 5.87. The second-order valence-corrected chi connectivity index (χ2v) is 3.82. The largest absolute Gasteiger partial charge is 0.367 e. The van der Waals surface area contributed by atoms with Gasteiger partial charge in [-0.3, -0.25) is 4.79 Å². The molecule has 1 aliphatic heterocycles. The molecule has 0 radical (unpaired) electrons. The van der Waals surface area contributed by atoms with Crippen molar-refractivity contribution < 1.29 is 9.53 Å². The van der Waals surface area contributed by atoms with E-state index >= 15 is 0 Å².